The van der Waals surface area contributed by atoms with Crippen LogP contribution in [0.3, 0.4) is 0 Å². The molecule has 9 heteroatoms. The first-order chi connectivity index (χ1) is 10.9. The molecule has 2 N–H and O–H groups in total. The van der Waals surface area contributed by atoms with Crippen LogP contribution in [0.1, 0.15) is 6.92 Å². The summed E-state index contributed by atoms with van der Waals surface area (Å²) in [4.78, 5) is 20.0. The molecule has 2 aromatic heterocycles. The highest BCUT2D eigenvalue weighted by Gasteiger charge is 2.33. The van der Waals surface area contributed by atoms with E-state index in [0.717, 1.165) is 0 Å². The largest absolute Gasteiger partial charge is 0.480 e. The maximum absolute atomic E-state index is 12.8. The third-order valence-corrected chi connectivity index (χ3v) is 6.15. The number of sulfonamides is 1. The molecular formula is C14H18N4O4S. The molecule has 0 aliphatic carbocycles. The average Bonchev–Trinajstić information content (AvgIpc) is 2.99. The Bertz CT molecular complexity index is 824. The lowest BCUT2D eigenvalue weighted by molar-refractivity contribution is -0.143. The summed E-state index contributed by atoms with van der Waals surface area (Å²) in [6.45, 7) is 2.94. The molecule has 8 nitrogen and oxygen atoms in total. The maximum Gasteiger partial charge on any atom is 0.320 e. The molecule has 0 unspecified atom stereocenters. The summed E-state index contributed by atoms with van der Waals surface area (Å²) in [5, 5.41) is 9.61. The van der Waals surface area contributed by atoms with Gasteiger partial charge in [0.1, 0.15) is 16.6 Å². The van der Waals surface area contributed by atoms with Gasteiger partial charge in [0, 0.05) is 44.0 Å². The molecule has 0 amide bonds. The van der Waals surface area contributed by atoms with E-state index in [2.05, 4.69) is 9.97 Å². The van der Waals surface area contributed by atoms with E-state index in [4.69, 9.17) is 5.11 Å². The second-order valence-corrected chi connectivity index (χ2v) is 7.41. The van der Waals surface area contributed by atoms with Gasteiger partial charge in [-0.3, -0.25) is 9.69 Å². The van der Waals surface area contributed by atoms with Crippen molar-refractivity contribution < 1.29 is 18.3 Å². The molecule has 1 aliphatic heterocycles. The molecule has 0 spiro atoms. The Kier molecular flexibility index (Phi) is 4.09. The van der Waals surface area contributed by atoms with Crippen molar-refractivity contribution in [2.75, 3.05) is 26.2 Å². The number of aliphatic carboxylic acids is 1. The molecule has 1 atom stereocenters. The SMILES string of the molecule is C[C@@H](C(=O)O)N1CCN(S(=O)(=O)c2c[nH]c3ncccc23)CC1. The van der Waals surface area contributed by atoms with E-state index in [1.165, 1.54) is 10.5 Å². The second kappa shape index (κ2) is 5.91. The minimum absolute atomic E-state index is 0.209. The second-order valence-electron chi connectivity index (χ2n) is 5.51. The van der Waals surface area contributed by atoms with Crippen LogP contribution in [0.2, 0.25) is 0 Å². The minimum Gasteiger partial charge on any atom is -0.480 e. The zero-order chi connectivity index (χ0) is 16.6. The van der Waals surface area contributed by atoms with Crippen LogP contribution < -0.4 is 0 Å². The summed E-state index contributed by atoms with van der Waals surface area (Å²) in [5.74, 6) is -0.899. The quantitative estimate of drug-likeness (QED) is 0.833. The molecular weight excluding hydrogens is 320 g/mol. The van der Waals surface area contributed by atoms with Crippen molar-refractivity contribution in [1.29, 1.82) is 0 Å². The Balaban J connectivity index is 1.81. The molecule has 124 valence electrons. The van der Waals surface area contributed by atoms with Crippen LogP contribution in [-0.2, 0) is 14.8 Å². The molecule has 2 aromatic rings. The molecule has 23 heavy (non-hydrogen) atoms. The standard InChI is InChI=1S/C14H18N4O4S/c1-10(14(19)20)17-5-7-18(8-6-17)23(21,22)12-9-16-13-11(12)3-2-4-15-13/h2-4,9-10H,5-8H2,1H3,(H,15,16)(H,19,20)/t10-/m0/s1. The fourth-order valence-electron chi connectivity index (χ4n) is 2.77. The van der Waals surface area contributed by atoms with Crippen LogP contribution in [0.25, 0.3) is 11.0 Å². The highest BCUT2D eigenvalue weighted by Crippen LogP contribution is 2.25. The van der Waals surface area contributed by atoms with Crippen molar-refractivity contribution in [3.63, 3.8) is 0 Å². The topological polar surface area (TPSA) is 107 Å². The van der Waals surface area contributed by atoms with Gasteiger partial charge in [0.15, 0.2) is 0 Å². The van der Waals surface area contributed by atoms with E-state index >= 15 is 0 Å². The first-order valence-corrected chi connectivity index (χ1v) is 8.74. The van der Waals surface area contributed by atoms with Crippen molar-refractivity contribution in [3.05, 3.63) is 24.5 Å². The summed E-state index contributed by atoms with van der Waals surface area (Å²) in [6.07, 6.45) is 3.06. The molecule has 3 rings (SSSR count). The van der Waals surface area contributed by atoms with Gasteiger partial charge in [-0.2, -0.15) is 4.31 Å². The maximum atomic E-state index is 12.8. The molecule has 1 fully saturated rings. The smallest absolute Gasteiger partial charge is 0.320 e. The number of carboxylic acid groups (broad SMARTS) is 1. The van der Waals surface area contributed by atoms with Gasteiger partial charge < -0.3 is 10.1 Å². The van der Waals surface area contributed by atoms with Crippen molar-refractivity contribution in [2.24, 2.45) is 0 Å². The summed E-state index contributed by atoms with van der Waals surface area (Å²) in [6, 6.07) is 2.80. The number of fused-ring (bicyclic) bond motifs is 1. The van der Waals surface area contributed by atoms with Gasteiger partial charge in [-0.1, -0.05) is 0 Å². The zero-order valence-electron chi connectivity index (χ0n) is 12.6. The summed E-state index contributed by atoms with van der Waals surface area (Å²) in [5.41, 5.74) is 0.532. The number of aromatic nitrogens is 2. The van der Waals surface area contributed by atoms with E-state index in [1.54, 1.807) is 30.2 Å². The minimum atomic E-state index is -3.63. The summed E-state index contributed by atoms with van der Waals surface area (Å²) < 4.78 is 27.0. The lowest BCUT2D eigenvalue weighted by Gasteiger charge is -2.35. The Labute approximate surface area is 133 Å². The van der Waals surface area contributed by atoms with Gasteiger partial charge in [-0.25, -0.2) is 13.4 Å². The predicted octanol–water partition coefficient (Wildman–Crippen LogP) is 0.342. The number of H-pyrrole nitrogens is 1. The number of nitrogens with one attached hydrogen (secondary N) is 1. The number of carbonyl (C=O) groups is 1. The van der Waals surface area contributed by atoms with Crippen molar-refractivity contribution >= 4 is 27.0 Å². The van der Waals surface area contributed by atoms with Crippen LogP contribution in [0.5, 0.6) is 0 Å². The number of aromatic amines is 1. The lowest BCUT2D eigenvalue weighted by atomic mass is 10.2. The van der Waals surface area contributed by atoms with Gasteiger partial charge >= 0.3 is 5.97 Å². The van der Waals surface area contributed by atoms with E-state index in [0.29, 0.717) is 24.1 Å². The Morgan fingerprint density at radius 3 is 2.70 bits per heavy atom. The first-order valence-electron chi connectivity index (χ1n) is 7.30. The molecule has 1 saturated heterocycles. The highest BCUT2D eigenvalue weighted by molar-refractivity contribution is 7.89. The number of hydrogen-bond donors (Lipinski definition) is 2. The zero-order valence-corrected chi connectivity index (χ0v) is 13.5. The molecule has 0 bridgehead atoms. The van der Waals surface area contributed by atoms with E-state index < -0.39 is 22.0 Å². The van der Waals surface area contributed by atoms with Gasteiger partial charge in [0.25, 0.3) is 0 Å². The van der Waals surface area contributed by atoms with Gasteiger partial charge in [-0.05, 0) is 19.1 Å². The van der Waals surface area contributed by atoms with Gasteiger partial charge in [0.2, 0.25) is 10.0 Å². The van der Waals surface area contributed by atoms with Gasteiger partial charge in [0.05, 0.1) is 0 Å². The molecule has 3 heterocycles. The monoisotopic (exact) mass is 338 g/mol. The highest BCUT2D eigenvalue weighted by atomic mass is 32.2. The lowest BCUT2D eigenvalue weighted by Crippen LogP contribution is -2.53. The fraction of sp³-hybridized carbons (Fsp3) is 0.429. The molecule has 0 saturated carbocycles. The summed E-state index contributed by atoms with van der Waals surface area (Å²) in [7, 11) is -3.63. The first kappa shape index (κ1) is 15.9. The van der Waals surface area contributed by atoms with Crippen LogP contribution in [0, 0.1) is 0 Å². The van der Waals surface area contributed by atoms with Crippen molar-refractivity contribution in [3.8, 4) is 0 Å². The van der Waals surface area contributed by atoms with E-state index in [9.17, 15) is 13.2 Å². The van der Waals surface area contributed by atoms with Crippen LogP contribution in [0.4, 0.5) is 0 Å². The van der Waals surface area contributed by atoms with Crippen molar-refractivity contribution in [1.82, 2.24) is 19.2 Å². The average molecular weight is 338 g/mol. The number of piperazine rings is 1. The Morgan fingerprint density at radius 1 is 1.35 bits per heavy atom. The van der Waals surface area contributed by atoms with Crippen LogP contribution in [-0.4, -0.2) is 70.9 Å². The Morgan fingerprint density at radius 2 is 2.04 bits per heavy atom. The van der Waals surface area contributed by atoms with E-state index in [1.807, 2.05) is 0 Å². The van der Waals surface area contributed by atoms with Crippen LogP contribution in [0.15, 0.2) is 29.4 Å². The molecule has 0 aromatic carbocycles. The molecule has 0 radical (unpaired) electrons. The van der Waals surface area contributed by atoms with Crippen molar-refractivity contribution in [2.45, 2.75) is 17.9 Å². The number of hydrogen-bond acceptors (Lipinski definition) is 5. The van der Waals surface area contributed by atoms with E-state index in [-0.39, 0.29) is 18.0 Å². The number of nitrogens with zero attached hydrogens (tertiary/aromatic N) is 3. The number of pyridine rings is 1. The van der Waals surface area contributed by atoms with Crippen LogP contribution >= 0.6 is 0 Å². The summed E-state index contributed by atoms with van der Waals surface area (Å²) >= 11 is 0. The fourth-order valence-corrected chi connectivity index (χ4v) is 4.34. The Hall–Kier alpha value is -1.97. The number of carboxylic acids is 1. The third-order valence-electron chi connectivity index (χ3n) is 4.21. The molecule has 1 aliphatic rings. The predicted molar refractivity (Wildman–Crippen MR) is 83.5 cm³/mol. The third kappa shape index (κ3) is 2.82. The van der Waals surface area contributed by atoms with Gasteiger partial charge in [-0.15, -0.1) is 0 Å². The normalized spacial score (nSPS) is 19.0. The number of rotatable bonds is 4.